The van der Waals surface area contributed by atoms with Gasteiger partial charge in [-0.15, -0.1) is 24.0 Å². The smallest absolute Gasteiger partial charge is 0.269 e. The lowest BCUT2D eigenvalue weighted by Crippen LogP contribution is -2.40. The van der Waals surface area contributed by atoms with Gasteiger partial charge in [0.05, 0.1) is 4.92 Å². The third kappa shape index (κ3) is 9.75. The van der Waals surface area contributed by atoms with Crippen molar-refractivity contribution in [2.45, 2.75) is 45.4 Å². The highest BCUT2D eigenvalue weighted by molar-refractivity contribution is 14.0. The molecule has 1 N–H and O–H groups in total. The number of aliphatic imine (C=N–C) groups is 1. The minimum Gasteiger partial charge on any atom is -0.381 e. The molecule has 0 atom stereocenters. The number of nitro groups is 1. The van der Waals surface area contributed by atoms with Crippen LogP contribution in [0.25, 0.3) is 0 Å². The molecule has 0 saturated carbocycles. The first-order valence-corrected chi connectivity index (χ1v) is 10.4. The highest BCUT2D eigenvalue weighted by Gasteiger charge is 2.15. The molecule has 164 valence electrons. The Labute approximate surface area is 191 Å². The van der Waals surface area contributed by atoms with E-state index in [0.29, 0.717) is 0 Å². The van der Waals surface area contributed by atoms with E-state index in [1.54, 1.807) is 12.1 Å². The number of nitrogens with one attached hydrogen (secondary N) is 1. The number of nitro benzene ring substituents is 1. The van der Waals surface area contributed by atoms with Crippen LogP contribution in [0.4, 0.5) is 5.69 Å². The fourth-order valence-electron chi connectivity index (χ4n) is 3.40. The van der Waals surface area contributed by atoms with Gasteiger partial charge >= 0.3 is 0 Å². The molecule has 2 rings (SSSR count). The molecular formula is C21H35IN4O3. The molecule has 0 aliphatic carbocycles. The zero-order valence-corrected chi connectivity index (χ0v) is 20.0. The fourth-order valence-corrected chi connectivity index (χ4v) is 3.40. The van der Waals surface area contributed by atoms with E-state index in [2.05, 4.69) is 24.2 Å². The van der Waals surface area contributed by atoms with Gasteiger partial charge in [-0.1, -0.05) is 12.1 Å². The summed E-state index contributed by atoms with van der Waals surface area (Å²) in [5.74, 6) is 1.74. The van der Waals surface area contributed by atoms with Crippen LogP contribution in [0.5, 0.6) is 0 Å². The summed E-state index contributed by atoms with van der Waals surface area (Å²) in [6.45, 7) is 6.56. The van der Waals surface area contributed by atoms with Crippen molar-refractivity contribution in [3.63, 3.8) is 0 Å². The van der Waals surface area contributed by atoms with Crippen LogP contribution in [-0.2, 0) is 11.2 Å². The van der Waals surface area contributed by atoms with Crippen LogP contribution in [-0.4, -0.2) is 55.7 Å². The summed E-state index contributed by atoms with van der Waals surface area (Å²) in [5, 5.41) is 14.1. The number of guanidine groups is 1. The van der Waals surface area contributed by atoms with E-state index in [9.17, 15) is 10.1 Å². The van der Waals surface area contributed by atoms with Crippen LogP contribution in [0.2, 0.25) is 0 Å². The molecular weight excluding hydrogens is 483 g/mol. The maximum Gasteiger partial charge on any atom is 0.269 e. The highest BCUT2D eigenvalue weighted by atomic mass is 127. The van der Waals surface area contributed by atoms with Crippen LogP contribution in [0.15, 0.2) is 29.3 Å². The predicted molar refractivity (Wildman–Crippen MR) is 128 cm³/mol. The second kappa shape index (κ2) is 14.5. The molecule has 0 aromatic heterocycles. The lowest BCUT2D eigenvalue weighted by molar-refractivity contribution is -0.384. The van der Waals surface area contributed by atoms with Crippen LogP contribution in [0.3, 0.4) is 0 Å². The SMILES string of the molecule is CCNC(=NCCCCc1ccc([N+](=O)[O-])cc1)N(C)CCC1CCOCC1.I. The van der Waals surface area contributed by atoms with Gasteiger partial charge in [-0.25, -0.2) is 0 Å². The number of halogens is 1. The molecule has 1 aromatic rings. The van der Waals surface area contributed by atoms with Gasteiger partial charge in [-0.05, 0) is 56.9 Å². The van der Waals surface area contributed by atoms with Gasteiger partial charge in [0, 0.05) is 52.0 Å². The summed E-state index contributed by atoms with van der Waals surface area (Å²) in [6.07, 6.45) is 6.47. The lowest BCUT2D eigenvalue weighted by Gasteiger charge is -2.26. The Balaban J connectivity index is 0.00000420. The number of nitrogens with zero attached hydrogens (tertiary/aromatic N) is 3. The number of hydrogen-bond donors (Lipinski definition) is 1. The van der Waals surface area contributed by atoms with Gasteiger partial charge in [-0.2, -0.15) is 0 Å². The molecule has 0 bridgehead atoms. The number of non-ortho nitro benzene ring substituents is 1. The van der Waals surface area contributed by atoms with E-state index < -0.39 is 0 Å². The third-order valence-electron chi connectivity index (χ3n) is 5.19. The van der Waals surface area contributed by atoms with E-state index in [1.807, 2.05) is 12.1 Å². The summed E-state index contributed by atoms with van der Waals surface area (Å²) in [4.78, 5) is 17.3. The van der Waals surface area contributed by atoms with Gasteiger partial charge in [0.25, 0.3) is 5.69 Å². The number of rotatable bonds is 10. The van der Waals surface area contributed by atoms with Crippen LogP contribution < -0.4 is 5.32 Å². The second-order valence-corrected chi connectivity index (χ2v) is 7.38. The van der Waals surface area contributed by atoms with E-state index >= 15 is 0 Å². The van der Waals surface area contributed by atoms with Crippen molar-refractivity contribution in [3.05, 3.63) is 39.9 Å². The van der Waals surface area contributed by atoms with Crippen molar-refractivity contribution in [1.82, 2.24) is 10.2 Å². The van der Waals surface area contributed by atoms with Gasteiger partial charge in [0.1, 0.15) is 0 Å². The maximum atomic E-state index is 10.7. The van der Waals surface area contributed by atoms with Crippen molar-refractivity contribution in [2.24, 2.45) is 10.9 Å². The summed E-state index contributed by atoms with van der Waals surface area (Å²) in [6, 6.07) is 6.83. The van der Waals surface area contributed by atoms with Crippen molar-refractivity contribution in [2.75, 3.05) is 39.9 Å². The minimum absolute atomic E-state index is 0. The third-order valence-corrected chi connectivity index (χ3v) is 5.19. The lowest BCUT2D eigenvalue weighted by atomic mass is 9.96. The molecule has 0 unspecified atom stereocenters. The normalized spacial score (nSPS) is 14.9. The molecule has 0 spiro atoms. The molecule has 1 aliphatic heterocycles. The Morgan fingerprint density at radius 1 is 1.28 bits per heavy atom. The first-order valence-electron chi connectivity index (χ1n) is 10.4. The second-order valence-electron chi connectivity index (χ2n) is 7.38. The Bertz CT molecular complexity index is 619. The monoisotopic (exact) mass is 518 g/mol. The molecule has 0 amide bonds. The molecule has 1 saturated heterocycles. The van der Waals surface area contributed by atoms with E-state index in [1.165, 1.54) is 19.3 Å². The standard InChI is InChI=1S/C21H34N4O3.HI/c1-3-22-21(24(2)15-11-19-12-16-28-17-13-19)23-14-5-4-6-18-7-9-20(10-8-18)25(26)27;/h7-10,19H,3-6,11-17H2,1-2H3,(H,22,23);1H. The molecule has 1 fully saturated rings. The van der Waals surface area contributed by atoms with E-state index in [-0.39, 0.29) is 34.6 Å². The topological polar surface area (TPSA) is 80.0 Å². The van der Waals surface area contributed by atoms with Crippen molar-refractivity contribution in [1.29, 1.82) is 0 Å². The zero-order chi connectivity index (χ0) is 20.2. The summed E-state index contributed by atoms with van der Waals surface area (Å²) in [5.41, 5.74) is 1.28. The Morgan fingerprint density at radius 3 is 2.59 bits per heavy atom. The van der Waals surface area contributed by atoms with Crippen molar-refractivity contribution >= 4 is 35.6 Å². The quantitative estimate of drug-likeness (QED) is 0.125. The Morgan fingerprint density at radius 2 is 1.97 bits per heavy atom. The molecule has 1 aliphatic rings. The van der Waals surface area contributed by atoms with Crippen LogP contribution in [0, 0.1) is 16.0 Å². The number of hydrogen-bond acceptors (Lipinski definition) is 4. The summed E-state index contributed by atoms with van der Waals surface area (Å²) < 4.78 is 5.44. The van der Waals surface area contributed by atoms with Crippen molar-refractivity contribution in [3.8, 4) is 0 Å². The Kier molecular flexibility index (Phi) is 12.8. The average Bonchev–Trinajstić information content (AvgIpc) is 2.72. The maximum absolute atomic E-state index is 10.7. The van der Waals surface area contributed by atoms with Gasteiger partial charge < -0.3 is 15.0 Å². The largest absolute Gasteiger partial charge is 0.381 e. The first-order chi connectivity index (χ1) is 13.6. The fraction of sp³-hybridized carbons (Fsp3) is 0.667. The first kappa shape index (κ1) is 25.6. The van der Waals surface area contributed by atoms with Crippen LogP contribution in [0.1, 0.15) is 44.6 Å². The molecule has 1 aromatic carbocycles. The minimum atomic E-state index is -0.362. The molecule has 7 nitrogen and oxygen atoms in total. The van der Waals surface area contributed by atoms with Crippen molar-refractivity contribution < 1.29 is 9.66 Å². The molecule has 29 heavy (non-hydrogen) atoms. The predicted octanol–water partition coefficient (Wildman–Crippen LogP) is 4.25. The average molecular weight is 518 g/mol. The van der Waals surface area contributed by atoms with Gasteiger partial charge in [-0.3, -0.25) is 15.1 Å². The Hall–Kier alpha value is -1.42. The van der Waals surface area contributed by atoms with Gasteiger partial charge in [0.15, 0.2) is 5.96 Å². The number of benzene rings is 1. The van der Waals surface area contributed by atoms with Gasteiger partial charge in [0.2, 0.25) is 0 Å². The number of unbranched alkanes of at least 4 members (excludes halogenated alkanes) is 1. The molecule has 8 heteroatoms. The molecule has 1 heterocycles. The zero-order valence-electron chi connectivity index (χ0n) is 17.6. The van der Waals surface area contributed by atoms with E-state index in [4.69, 9.17) is 9.73 Å². The number of aryl methyl sites for hydroxylation is 1. The van der Waals surface area contributed by atoms with E-state index in [0.717, 1.165) is 69.6 Å². The molecule has 0 radical (unpaired) electrons. The summed E-state index contributed by atoms with van der Waals surface area (Å²) >= 11 is 0. The summed E-state index contributed by atoms with van der Waals surface area (Å²) in [7, 11) is 2.11. The highest BCUT2D eigenvalue weighted by Crippen LogP contribution is 2.18. The van der Waals surface area contributed by atoms with Crippen LogP contribution >= 0.6 is 24.0 Å². The number of ether oxygens (including phenoxy) is 1.